The number of nitrogens with one attached hydrogen (secondary N) is 1. The standard InChI is InChI=1S/C4H10IN2O/c1-5-4(8)2-3-7-6/h7H,2-3,6H2,1H3/q-1. The number of hydrazine groups is 1. The molecule has 0 amide bonds. The van der Waals surface area contributed by atoms with E-state index in [4.69, 9.17) is 5.84 Å². The number of carbonyl (C=O) groups excluding carboxylic acids is 1. The first-order valence-corrected chi connectivity index (χ1v) is 5.50. The zero-order valence-corrected chi connectivity index (χ0v) is 6.94. The average molecular weight is 229 g/mol. The second-order valence-corrected chi connectivity index (χ2v) is 3.53. The second kappa shape index (κ2) is 5.46. The van der Waals surface area contributed by atoms with Crippen molar-refractivity contribution in [3.05, 3.63) is 0 Å². The molecule has 0 heterocycles. The van der Waals surface area contributed by atoms with Gasteiger partial charge in [-0.25, -0.2) is 0 Å². The van der Waals surface area contributed by atoms with Crippen LogP contribution in [0.1, 0.15) is 6.42 Å². The van der Waals surface area contributed by atoms with Crippen molar-refractivity contribution in [2.45, 2.75) is 6.42 Å². The molecule has 0 aromatic carbocycles. The van der Waals surface area contributed by atoms with Gasteiger partial charge < -0.3 is 0 Å². The van der Waals surface area contributed by atoms with Crippen molar-refractivity contribution < 1.29 is 26.0 Å². The fraction of sp³-hybridized carbons (Fsp3) is 0.750. The summed E-state index contributed by atoms with van der Waals surface area (Å²) in [5.74, 6) is 4.94. The van der Waals surface area contributed by atoms with E-state index in [0.717, 1.165) is 0 Å². The van der Waals surface area contributed by atoms with Gasteiger partial charge in [-0.1, -0.05) is 0 Å². The van der Waals surface area contributed by atoms with E-state index >= 15 is 0 Å². The van der Waals surface area contributed by atoms with E-state index in [1.54, 1.807) is 0 Å². The van der Waals surface area contributed by atoms with E-state index in [9.17, 15) is 4.79 Å². The van der Waals surface area contributed by atoms with Crippen LogP contribution in [-0.2, 0) is 4.79 Å². The normalized spacial score (nSPS) is 9.75. The Bertz CT molecular complexity index is 76.4. The van der Waals surface area contributed by atoms with Crippen molar-refractivity contribution in [1.29, 1.82) is 0 Å². The number of carbonyl (C=O) groups is 1. The van der Waals surface area contributed by atoms with Crippen molar-refractivity contribution in [2.24, 2.45) is 5.84 Å². The number of rotatable bonds is 4. The van der Waals surface area contributed by atoms with E-state index in [2.05, 4.69) is 5.43 Å². The quantitative estimate of drug-likeness (QED) is 0.170. The number of nitrogens with two attached hydrogens (primary N) is 1. The van der Waals surface area contributed by atoms with Gasteiger partial charge in [0.1, 0.15) is 0 Å². The van der Waals surface area contributed by atoms with Crippen LogP contribution in [0.5, 0.6) is 0 Å². The van der Waals surface area contributed by atoms with Crippen molar-refractivity contribution in [1.82, 2.24) is 5.43 Å². The van der Waals surface area contributed by atoms with Crippen LogP contribution < -0.4 is 32.5 Å². The van der Waals surface area contributed by atoms with Crippen molar-refractivity contribution in [3.63, 3.8) is 0 Å². The summed E-state index contributed by atoms with van der Waals surface area (Å²) in [6.07, 6.45) is 0.597. The van der Waals surface area contributed by atoms with Crippen LogP contribution >= 0.6 is 0 Å². The SMILES string of the molecule is C[I-]C(=O)CCNN. The number of alkyl halides is 1. The van der Waals surface area contributed by atoms with Gasteiger partial charge in [-0.15, -0.1) is 0 Å². The molecular formula is C4H10IN2O-. The van der Waals surface area contributed by atoms with Crippen molar-refractivity contribution in [3.8, 4) is 0 Å². The second-order valence-electron chi connectivity index (χ2n) is 1.25. The molecule has 0 unspecified atom stereocenters. The monoisotopic (exact) mass is 229 g/mol. The van der Waals surface area contributed by atoms with E-state index in [1.165, 1.54) is 0 Å². The maximum atomic E-state index is 10.5. The molecule has 4 heteroatoms. The Labute approximate surface area is 59.2 Å². The molecule has 0 aliphatic carbocycles. The third-order valence-corrected chi connectivity index (χ3v) is 2.42. The first-order chi connectivity index (χ1) is 3.81. The van der Waals surface area contributed by atoms with Gasteiger partial charge in [0.25, 0.3) is 0 Å². The van der Waals surface area contributed by atoms with Crippen LogP contribution in [0.2, 0.25) is 0 Å². The van der Waals surface area contributed by atoms with Gasteiger partial charge in [0, 0.05) is 0 Å². The third kappa shape index (κ3) is 4.48. The Morgan fingerprint density at radius 2 is 2.50 bits per heavy atom. The van der Waals surface area contributed by atoms with E-state index in [1.807, 2.05) is 4.93 Å². The fourth-order valence-corrected chi connectivity index (χ4v) is 1.07. The Morgan fingerprint density at radius 3 is 2.88 bits per heavy atom. The minimum absolute atomic E-state index is 0.202. The Balaban J connectivity index is 2.99. The van der Waals surface area contributed by atoms with Crippen LogP contribution in [0.15, 0.2) is 0 Å². The molecule has 0 aromatic heterocycles. The molecule has 0 saturated carbocycles. The summed E-state index contributed by atoms with van der Waals surface area (Å²) in [6, 6.07) is 0. The van der Waals surface area contributed by atoms with Gasteiger partial charge in [-0.3, -0.25) is 0 Å². The number of halogens is 1. The average Bonchev–Trinajstić information content (AvgIpc) is 1.83. The number of hydrogen-bond acceptors (Lipinski definition) is 3. The molecule has 0 fully saturated rings. The van der Waals surface area contributed by atoms with Gasteiger partial charge in [-0.2, -0.15) is 0 Å². The molecule has 0 atom stereocenters. The molecule has 0 rings (SSSR count). The molecule has 0 spiro atoms. The third-order valence-electron chi connectivity index (χ3n) is 0.677. The van der Waals surface area contributed by atoms with Gasteiger partial charge in [-0.05, 0) is 0 Å². The summed E-state index contributed by atoms with van der Waals surface area (Å²) < 4.78 is 0.363. The molecule has 50 valence electrons. The fourth-order valence-electron chi connectivity index (χ4n) is 0.265. The van der Waals surface area contributed by atoms with E-state index in [0.29, 0.717) is 16.8 Å². The molecule has 3 nitrogen and oxygen atoms in total. The van der Waals surface area contributed by atoms with Gasteiger partial charge in [0.05, 0.1) is 0 Å². The summed E-state index contributed by atoms with van der Waals surface area (Å²) in [6.45, 7) is 0.617. The molecule has 0 aromatic rings. The summed E-state index contributed by atoms with van der Waals surface area (Å²) in [7, 11) is 0. The molecule has 0 aliphatic heterocycles. The Kier molecular flexibility index (Phi) is 5.67. The Hall–Kier alpha value is 0.320. The molecule has 0 saturated heterocycles. The van der Waals surface area contributed by atoms with Crippen LogP contribution in [0.4, 0.5) is 0 Å². The first kappa shape index (κ1) is 8.32. The summed E-state index contributed by atoms with van der Waals surface area (Å²) >= 11 is -0.202. The maximum absolute atomic E-state index is 10.5. The molecule has 0 bridgehead atoms. The predicted octanol–water partition coefficient (Wildman–Crippen LogP) is -3.91. The zero-order chi connectivity index (χ0) is 6.41. The van der Waals surface area contributed by atoms with Gasteiger partial charge in [0.2, 0.25) is 0 Å². The van der Waals surface area contributed by atoms with Crippen molar-refractivity contribution in [2.75, 3.05) is 11.5 Å². The molecule has 0 aliphatic rings. The van der Waals surface area contributed by atoms with Gasteiger partial charge in [0.15, 0.2) is 0 Å². The van der Waals surface area contributed by atoms with E-state index in [-0.39, 0.29) is 21.2 Å². The topological polar surface area (TPSA) is 55.1 Å². The minimum atomic E-state index is -0.202. The van der Waals surface area contributed by atoms with Crippen LogP contribution in [0.25, 0.3) is 0 Å². The van der Waals surface area contributed by atoms with Crippen LogP contribution in [0.3, 0.4) is 0 Å². The summed E-state index contributed by atoms with van der Waals surface area (Å²) in [5, 5.41) is 0. The van der Waals surface area contributed by atoms with Crippen LogP contribution in [-0.4, -0.2) is 15.3 Å². The number of hydrogen-bond donors (Lipinski definition) is 2. The summed E-state index contributed by atoms with van der Waals surface area (Å²) in [4.78, 5) is 12.5. The summed E-state index contributed by atoms with van der Waals surface area (Å²) in [5.41, 5.74) is 2.43. The molecule has 8 heavy (non-hydrogen) atoms. The van der Waals surface area contributed by atoms with E-state index < -0.39 is 0 Å². The predicted molar refractivity (Wildman–Crippen MR) is 27.7 cm³/mol. The van der Waals surface area contributed by atoms with Gasteiger partial charge >= 0.3 is 59.0 Å². The van der Waals surface area contributed by atoms with Crippen molar-refractivity contribution >= 4 is 3.79 Å². The molecule has 0 radical (unpaired) electrons. The zero-order valence-electron chi connectivity index (χ0n) is 4.78. The first-order valence-electron chi connectivity index (χ1n) is 2.27. The molecule has 3 N–H and O–H groups in total. The van der Waals surface area contributed by atoms with Crippen LogP contribution in [0, 0.1) is 0 Å². The molecular weight excluding hydrogens is 219 g/mol. The Morgan fingerprint density at radius 1 is 1.88 bits per heavy atom.